The molecule has 0 bridgehead atoms. The Kier molecular flexibility index (Phi) is 11.7. The van der Waals surface area contributed by atoms with Crippen molar-refractivity contribution in [3.8, 4) is 0 Å². The SMILES string of the molecule is CCCCCCCCCCC(C)(C(=O)O)c1ccccc1.[H-].[H-].[Mg+2]. The number of benzene rings is 1. The third-order valence-electron chi connectivity index (χ3n) is 4.41. The maximum absolute atomic E-state index is 11.7. The van der Waals surface area contributed by atoms with Crippen LogP contribution in [-0.2, 0) is 10.2 Å². The molecule has 2 nitrogen and oxygen atoms in total. The fourth-order valence-corrected chi connectivity index (χ4v) is 2.79. The van der Waals surface area contributed by atoms with Crippen LogP contribution in [0.4, 0.5) is 0 Å². The summed E-state index contributed by atoms with van der Waals surface area (Å²) in [5, 5.41) is 9.59. The average Bonchev–Trinajstić information content (AvgIpc) is 2.50. The largest absolute Gasteiger partial charge is 2.00 e. The molecule has 0 saturated heterocycles. The van der Waals surface area contributed by atoms with Crippen LogP contribution in [0.25, 0.3) is 0 Å². The molecule has 0 aromatic heterocycles. The van der Waals surface area contributed by atoms with E-state index in [4.69, 9.17) is 0 Å². The van der Waals surface area contributed by atoms with Gasteiger partial charge in [-0.3, -0.25) is 4.79 Å². The fraction of sp³-hybridized carbons (Fsp3) is 0.632. The van der Waals surface area contributed by atoms with Gasteiger partial charge in [-0.15, -0.1) is 0 Å². The zero-order valence-electron chi connectivity index (χ0n) is 16.3. The van der Waals surface area contributed by atoms with Gasteiger partial charge in [-0.2, -0.15) is 0 Å². The topological polar surface area (TPSA) is 37.3 Å². The summed E-state index contributed by atoms with van der Waals surface area (Å²) in [6.45, 7) is 4.09. The van der Waals surface area contributed by atoms with E-state index in [2.05, 4.69) is 6.92 Å². The number of carboxylic acid groups (broad SMARTS) is 1. The molecule has 1 aromatic carbocycles. The molecule has 1 atom stereocenters. The molecule has 0 saturated carbocycles. The molecular weight excluding hydrogens is 285 g/mol. The fourth-order valence-electron chi connectivity index (χ4n) is 2.79. The summed E-state index contributed by atoms with van der Waals surface area (Å²) in [6, 6.07) is 9.63. The Bertz CT molecular complexity index is 415. The van der Waals surface area contributed by atoms with E-state index in [1.165, 1.54) is 38.5 Å². The van der Waals surface area contributed by atoms with Crippen LogP contribution in [0.15, 0.2) is 30.3 Å². The second-order valence-corrected chi connectivity index (χ2v) is 6.23. The van der Waals surface area contributed by atoms with Gasteiger partial charge < -0.3 is 7.96 Å². The van der Waals surface area contributed by atoms with Crippen LogP contribution < -0.4 is 0 Å². The van der Waals surface area contributed by atoms with E-state index < -0.39 is 11.4 Å². The summed E-state index contributed by atoms with van der Waals surface area (Å²) in [6.07, 6.45) is 10.7. The van der Waals surface area contributed by atoms with Gasteiger partial charge in [-0.05, 0) is 18.9 Å². The minimum atomic E-state index is -0.747. The molecule has 1 aromatic rings. The van der Waals surface area contributed by atoms with Crippen molar-refractivity contribution >= 4 is 29.0 Å². The Morgan fingerprint density at radius 1 is 1.00 bits per heavy atom. The number of aliphatic carboxylic acids is 1. The summed E-state index contributed by atoms with van der Waals surface area (Å²) >= 11 is 0. The number of hydrogen-bond acceptors (Lipinski definition) is 1. The van der Waals surface area contributed by atoms with Crippen molar-refractivity contribution in [3.63, 3.8) is 0 Å². The molecule has 3 heteroatoms. The van der Waals surface area contributed by atoms with Crippen LogP contribution in [0.2, 0.25) is 0 Å². The van der Waals surface area contributed by atoms with E-state index in [1.54, 1.807) is 0 Å². The van der Waals surface area contributed by atoms with Gasteiger partial charge in [0.1, 0.15) is 0 Å². The predicted molar refractivity (Wildman–Crippen MR) is 96.6 cm³/mol. The van der Waals surface area contributed by atoms with E-state index in [0.717, 1.165) is 24.8 Å². The molecule has 0 amide bonds. The first kappa shape index (κ1) is 21.5. The number of rotatable bonds is 11. The molecule has 22 heavy (non-hydrogen) atoms. The molecule has 0 radical (unpaired) electrons. The minimum Gasteiger partial charge on any atom is -1.00 e. The molecule has 1 N–H and O–H groups in total. The molecular formula is C19H32MgO2. The summed E-state index contributed by atoms with van der Waals surface area (Å²) in [7, 11) is 0. The van der Waals surface area contributed by atoms with Gasteiger partial charge in [0.05, 0.1) is 5.41 Å². The monoisotopic (exact) mass is 316 g/mol. The van der Waals surface area contributed by atoms with Crippen LogP contribution in [0.5, 0.6) is 0 Å². The zero-order valence-corrected chi connectivity index (χ0v) is 15.7. The summed E-state index contributed by atoms with van der Waals surface area (Å²) in [5.41, 5.74) is 0.171. The first-order valence-corrected chi connectivity index (χ1v) is 8.40. The molecule has 0 aliphatic rings. The number of hydrogen-bond donors (Lipinski definition) is 1. The quantitative estimate of drug-likeness (QED) is 0.438. The van der Waals surface area contributed by atoms with Crippen LogP contribution in [0, 0.1) is 0 Å². The van der Waals surface area contributed by atoms with Crippen LogP contribution in [-0.4, -0.2) is 34.1 Å². The number of unbranched alkanes of at least 4 members (excludes halogenated alkanes) is 7. The third kappa shape index (κ3) is 7.14. The maximum atomic E-state index is 11.7. The number of carbonyl (C=O) groups is 1. The first-order valence-electron chi connectivity index (χ1n) is 8.40. The summed E-state index contributed by atoms with van der Waals surface area (Å²) in [5.74, 6) is -0.711. The van der Waals surface area contributed by atoms with Crippen molar-refractivity contribution in [2.24, 2.45) is 0 Å². The van der Waals surface area contributed by atoms with Crippen molar-refractivity contribution in [2.45, 2.75) is 77.0 Å². The molecule has 122 valence electrons. The Morgan fingerprint density at radius 2 is 1.50 bits per heavy atom. The molecule has 0 aliphatic carbocycles. The van der Waals surface area contributed by atoms with Crippen LogP contribution in [0.3, 0.4) is 0 Å². The Balaban J connectivity index is -0.00000147. The molecule has 0 aliphatic heterocycles. The average molecular weight is 317 g/mol. The normalized spacial score (nSPS) is 13.2. The Hall–Kier alpha value is -0.544. The second kappa shape index (κ2) is 11.9. The molecule has 1 unspecified atom stereocenters. The minimum absolute atomic E-state index is 0. The van der Waals surface area contributed by atoms with E-state index in [-0.39, 0.29) is 25.9 Å². The molecule has 0 spiro atoms. The smallest absolute Gasteiger partial charge is 1.00 e. The van der Waals surface area contributed by atoms with Gasteiger partial charge in [0, 0.05) is 0 Å². The van der Waals surface area contributed by atoms with Gasteiger partial charge in [-0.25, -0.2) is 0 Å². The van der Waals surface area contributed by atoms with Crippen LogP contribution in [0.1, 0.15) is 80.1 Å². The van der Waals surface area contributed by atoms with Crippen molar-refractivity contribution in [1.82, 2.24) is 0 Å². The van der Waals surface area contributed by atoms with E-state index >= 15 is 0 Å². The second-order valence-electron chi connectivity index (χ2n) is 6.23. The Labute approximate surface area is 154 Å². The van der Waals surface area contributed by atoms with Crippen molar-refractivity contribution in [3.05, 3.63) is 35.9 Å². The predicted octanol–water partition coefficient (Wildman–Crippen LogP) is 5.40. The van der Waals surface area contributed by atoms with Crippen molar-refractivity contribution < 1.29 is 12.8 Å². The van der Waals surface area contributed by atoms with E-state index in [0.29, 0.717) is 0 Å². The van der Waals surface area contributed by atoms with Gasteiger partial charge in [0.25, 0.3) is 0 Å². The van der Waals surface area contributed by atoms with Gasteiger partial charge in [0.15, 0.2) is 0 Å². The van der Waals surface area contributed by atoms with Crippen LogP contribution >= 0.6 is 0 Å². The summed E-state index contributed by atoms with van der Waals surface area (Å²) in [4.78, 5) is 11.7. The van der Waals surface area contributed by atoms with E-state index in [1.807, 2.05) is 37.3 Å². The maximum Gasteiger partial charge on any atom is 2.00 e. The van der Waals surface area contributed by atoms with Crippen molar-refractivity contribution in [2.75, 3.05) is 0 Å². The molecule has 0 fully saturated rings. The van der Waals surface area contributed by atoms with Gasteiger partial charge in [0.2, 0.25) is 0 Å². The zero-order chi connectivity index (χ0) is 15.6. The molecule has 1 rings (SSSR count). The number of carboxylic acids is 1. The molecule has 0 heterocycles. The van der Waals surface area contributed by atoms with Gasteiger partial charge in [-0.1, -0.05) is 88.6 Å². The third-order valence-corrected chi connectivity index (χ3v) is 4.41. The van der Waals surface area contributed by atoms with E-state index in [9.17, 15) is 9.90 Å². The first-order chi connectivity index (χ1) is 10.1. The van der Waals surface area contributed by atoms with Gasteiger partial charge >= 0.3 is 29.0 Å². The summed E-state index contributed by atoms with van der Waals surface area (Å²) < 4.78 is 0. The standard InChI is InChI=1S/C19H30O2.Mg.2H/c1-3-4-5-6-7-8-9-13-16-19(2,18(20)21)17-14-11-10-12-15-17;;;/h10-12,14-15H,3-9,13,16H2,1-2H3,(H,20,21);;;/q;+2;2*-1. The van der Waals surface area contributed by atoms with Crippen molar-refractivity contribution in [1.29, 1.82) is 0 Å². The Morgan fingerprint density at radius 3 is 2.00 bits per heavy atom.